The van der Waals surface area contributed by atoms with Gasteiger partial charge in [-0.3, -0.25) is 4.98 Å². The molecule has 0 radical (unpaired) electrons. The molecule has 94 valence electrons. The van der Waals surface area contributed by atoms with Crippen molar-refractivity contribution in [1.82, 2.24) is 4.98 Å². The van der Waals surface area contributed by atoms with Crippen LogP contribution in [-0.2, 0) is 9.47 Å². The Balaban J connectivity index is 2.39. The fourth-order valence-corrected chi connectivity index (χ4v) is 1.10. The van der Waals surface area contributed by atoms with Crippen LogP contribution in [0.5, 0.6) is 0 Å². The van der Waals surface area contributed by atoms with Crippen LogP contribution in [0.2, 0.25) is 0 Å². The van der Waals surface area contributed by atoms with Gasteiger partial charge in [-0.1, -0.05) is 0 Å². The van der Waals surface area contributed by atoms with Crippen LogP contribution in [0.3, 0.4) is 0 Å². The molecule has 0 aliphatic heterocycles. The summed E-state index contributed by atoms with van der Waals surface area (Å²) in [5.74, 6) is -1.39. The number of halogens is 1. The molecule has 0 aromatic carbocycles. The molecule has 1 aromatic heterocycles. The van der Waals surface area contributed by atoms with E-state index in [0.717, 1.165) is 6.20 Å². The first kappa shape index (κ1) is 13.6. The molecule has 0 saturated heterocycles. The van der Waals surface area contributed by atoms with Gasteiger partial charge in [0.25, 0.3) is 0 Å². The molecule has 0 spiro atoms. The van der Waals surface area contributed by atoms with Gasteiger partial charge in [-0.05, 0) is 26.8 Å². The van der Waals surface area contributed by atoms with Crippen LogP contribution in [0.25, 0.3) is 0 Å². The zero-order chi connectivity index (χ0) is 12.9. The second-order valence-corrected chi connectivity index (χ2v) is 4.45. The van der Waals surface area contributed by atoms with Crippen LogP contribution in [0, 0.1) is 5.82 Å². The smallest absolute Gasteiger partial charge is 0.341 e. The number of hydrogen-bond acceptors (Lipinski definition) is 4. The fraction of sp³-hybridized carbons (Fsp3) is 0.500. The standard InChI is InChI=1S/C12H16FNO3/c1-12(2,3)17-7-6-16-11(15)9-4-5-14-8-10(9)13/h4-5,8H,6-7H2,1-3H3. The van der Waals surface area contributed by atoms with E-state index in [-0.39, 0.29) is 24.4 Å². The molecule has 1 aromatic rings. The molecule has 17 heavy (non-hydrogen) atoms. The Morgan fingerprint density at radius 2 is 2.12 bits per heavy atom. The van der Waals surface area contributed by atoms with Crippen LogP contribution in [-0.4, -0.2) is 29.8 Å². The predicted octanol–water partition coefficient (Wildman–Crippen LogP) is 2.19. The molecular formula is C12H16FNO3. The largest absolute Gasteiger partial charge is 0.460 e. The van der Waals surface area contributed by atoms with E-state index in [1.807, 2.05) is 20.8 Å². The Morgan fingerprint density at radius 1 is 1.41 bits per heavy atom. The van der Waals surface area contributed by atoms with E-state index in [9.17, 15) is 9.18 Å². The monoisotopic (exact) mass is 241 g/mol. The van der Waals surface area contributed by atoms with Gasteiger partial charge in [-0.15, -0.1) is 0 Å². The number of carbonyl (C=O) groups excluding carboxylic acids is 1. The molecular weight excluding hydrogens is 225 g/mol. The van der Waals surface area contributed by atoms with Gasteiger partial charge < -0.3 is 9.47 Å². The van der Waals surface area contributed by atoms with E-state index < -0.39 is 11.8 Å². The fourth-order valence-electron chi connectivity index (χ4n) is 1.10. The quantitative estimate of drug-likeness (QED) is 0.599. The molecule has 1 rings (SSSR count). The van der Waals surface area contributed by atoms with Gasteiger partial charge in [0.05, 0.1) is 24.0 Å². The average Bonchev–Trinajstić information content (AvgIpc) is 2.23. The summed E-state index contributed by atoms with van der Waals surface area (Å²) in [6, 6.07) is 1.28. The number of pyridine rings is 1. The Morgan fingerprint density at radius 3 is 2.71 bits per heavy atom. The number of nitrogens with zero attached hydrogens (tertiary/aromatic N) is 1. The summed E-state index contributed by atoms with van der Waals surface area (Å²) in [5, 5.41) is 0. The first-order valence-corrected chi connectivity index (χ1v) is 5.31. The minimum absolute atomic E-state index is 0.0951. The van der Waals surface area contributed by atoms with Crippen LogP contribution >= 0.6 is 0 Å². The molecule has 0 aliphatic carbocycles. The number of rotatable bonds is 4. The molecule has 5 heteroatoms. The summed E-state index contributed by atoms with van der Waals surface area (Å²) in [4.78, 5) is 15.0. The predicted molar refractivity (Wildman–Crippen MR) is 60.2 cm³/mol. The summed E-state index contributed by atoms with van der Waals surface area (Å²) in [6.45, 7) is 6.08. The maximum Gasteiger partial charge on any atom is 0.341 e. The molecule has 0 N–H and O–H groups in total. The topological polar surface area (TPSA) is 48.4 Å². The van der Waals surface area contributed by atoms with E-state index in [1.54, 1.807) is 0 Å². The summed E-state index contributed by atoms with van der Waals surface area (Å²) in [5.41, 5.74) is -0.398. The summed E-state index contributed by atoms with van der Waals surface area (Å²) < 4.78 is 23.4. The maximum absolute atomic E-state index is 13.1. The highest BCUT2D eigenvalue weighted by molar-refractivity contribution is 5.89. The minimum atomic E-state index is -0.706. The summed E-state index contributed by atoms with van der Waals surface area (Å²) >= 11 is 0. The third-order valence-electron chi connectivity index (χ3n) is 1.84. The van der Waals surface area contributed by atoms with Crippen molar-refractivity contribution in [1.29, 1.82) is 0 Å². The van der Waals surface area contributed by atoms with E-state index in [4.69, 9.17) is 9.47 Å². The van der Waals surface area contributed by atoms with Gasteiger partial charge in [-0.2, -0.15) is 0 Å². The van der Waals surface area contributed by atoms with Gasteiger partial charge in [-0.25, -0.2) is 9.18 Å². The van der Waals surface area contributed by atoms with Gasteiger partial charge in [0.15, 0.2) is 5.82 Å². The Hall–Kier alpha value is -1.49. The van der Waals surface area contributed by atoms with Crippen molar-refractivity contribution in [2.75, 3.05) is 13.2 Å². The Bertz CT molecular complexity index is 388. The van der Waals surface area contributed by atoms with Crippen molar-refractivity contribution in [2.24, 2.45) is 0 Å². The molecule has 0 aliphatic rings. The van der Waals surface area contributed by atoms with Crippen molar-refractivity contribution in [3.8, 4) is 0 Å². The molecule has 0 unspecified atom stereocenters. The maximum atomic E-state index is 13.1. The molecule has 1 heterocycles. The van der Waals surface area contributed by atoms with Crippen molar-refractivity contribution in [2.45, 2.75) is 26.4 Å². The number of carbonyl (C=O) groups is 1. The van der Waals surface area contributed by atoms with Crippen molar-refractivity contribution in [3.05, 3.63) is 29.8 Å². The second kappa shape index (κ2) is 5.72. The van der Waals surface area contributed by atoms with E-state index in [1.165, 1.54) is 12.3 Å². The minimum Gasteiger partial charge on any atom is -0.460 e. The third kappa shape index (κ3) is 4.91. The zero-order valence-corrected chi connectivity index (χ0v) is 10.2. The number of hydrogen-bond donors (Lipinski definition) is 0. The van der Waals surface area contributed by atoms with Crippen LogP contribution in [0.1, 0.15) is 31.1 Å². The highest BCUT2D eigenvalue weighted by atomic mass is 19.1. The lowest BCUT2D eigenvalue weighted by atomic mass is 10.2. The van der Waals surface area contributed by atoms with Gasteiger partial charge >= 0.3 is 5.97 Å². The molecule has 4 nitrogen and oxygen atoms in total. The highest BCUT2D eigenvalue weighted by Crippen LogP contribution is 2.08. The van der Waals surface area contributed by atoms with Gasteiger partial charge in [0.2, 0.25) is 0 Å². The van der Waals surface area contributed by atoms with Gasteiger partial charge in [0.1, 0.15) is 6.61 Å². The average molecular weight is 241 g/mol. The van der Waals surface area contributed by atoms with Crippen LogP contribution in [0.4, 0.5) is 4.39 Å². The lowest BCUT2D eigenvalue weighted by Gasteiger charge is -2.19. The molecule has 0 fully saturated rings. The van der Waals surface area contributed by atoms with Crippen LogP contribution < -0.4 is 0 Å². The molecule has 0 atom stereocenters. The second-order valence-electron chi connectivity index (χ2n) is 4.45. The number of esters is 1. The first-order valence-electron chi connectivity index (χ1n) is 5.31. The van der Waals surface area contributed by atoms with Gasteiger partial charge in [0, 0.05) is 6.20 Å². The molecule has 0 saturated carbocycles. The Kier molecular flexibility index (Phi) is 4.57. The van der Waals surface area contributed by atoms with Crippen molar-refractivity contribution in [3.63, 3.8) is 0 Å². The number of ether oxygens (including phenoxy) is 2. The molecule has 0 amide bonds. The Labute approximate surface area is 99.8 Å². The summed E-state index contributed by atoms with van der Waals surface area (Å²) in [6.07, 6.45) is 2.31. The third-order valence-corrected chi connectivity index (χ3v) is 1.84. The lowest BCUT2D eigenvalue weighted by Crippen LogP contribution is -2.22. The summed E-state index contributed by atoms with van der Waals surface area (Å²) in [7, 11) is 0. The van der Waals surface area contributed by atoms with E-state index in [0.29, 0.717) is 0 Å². The SMILES string of the molecule is CC(C)(C)OCCOC(=O)c1ccncc1F. The normalized spacial score (nSPS) is 11.3. The van der Waals surface area contributed by atoms with E-state index in [2.05, 4.69) is 4.98 Å². The van der Waals surface area contributed by atoms with Crippen molar-refractivity contribution >= 4 is 5.97 Å². The zero-order valence-electron chi connectivity index (χ0n) is 10.2. The highest BCUT2D eigenvalue weighted by Gasteiger charge is 2.14. The van der Waals surface area contributed by atoms with Crippen LogP contribution in [0.15, 0.2) is 18.5 Å². The first-order chi connectivity index (χ1) is 7.90. The lowest BCUT2D eigenvalue weighted by molar-refractivity contribution is -0.0282. The van der Waals surface area contributed by atoms with Crippen molar-refractivity contribution < 1.29 is 18.7 Å². The van der Waals surface area contributed by atoms with E-state index >= 15 is 0 Å². The number of aromatic nitrogens is 1. The molecule has 0 bridgehead atoms.